The smallest absolute Gasteiger partial charge is 0.0677 e. The fraction of sp³-hybridized carbons (Fsp3) is 1.00. The number of hydrogen-bond donors (Lipinski definition) is 2. The van der Waals surface area contributed by atoms with Gasteiger partial charge < -0.3 is 15.7 Å². The van der Waals surface area contributed by atoms with Crippen molar-refractivity contribution in [2.75, 3.05) is 20.1 Å². The Hall–Kier alpha value is -0.120. The third-order valence-electron chi connectivity index (χ3n) is 2.49. The number of hydrogen-bond acceptors (Lipinski definition) is 3. The zero-order valence-electron chi connectivity index (χ0n) is 7.16. The van der Waals surface area contributed by atoms with Gasteiger partial charge in [-0.25, -0.2) is 0 Å². The van der Waals surface area contributed by atoms with Gasteiger partial charge in [0.1, 0.15) is 0 Å². The van der Waals surface area contributed by atoms with Gasteiger partial charge in [-0.15, -0.1) is 0 Å². The number of likely N-dealkylation sites (tertiary alicyclic amines) is 1. The molecule has 1 aliphatic heterocycles. The van der Waals surface area contributed by atoms with Gasteiger partial charge in [0.2, 0.25) is 0 Å². The SMILES string of the molecule is CN1CCCC1CC(O)CN. The highest BCUT2D eigenvalue weighted by Crippen LogP contribution is 2.18. The minimum atomic E-state index is -0.305. The van der Waals surface area contributed by atoms with Gasteiger partial charge >= 0.3 is 0 Å². The molecule has 0 spiro atoms. The second-order valence-corrected chi connectivity index (χ2v) is 3.40. The fourth-order valence-corrected chi connectivity index (χ4v) is 1.69. The van der Waals surface area contributed by atoms with Crippen molar-refractivity contribution in [1.29, 1.82) is 0 Å². The minimum Gasteiger partial charge on any atom is -0.392 e. The maximum atomic E-state index is 9.28. The molecule has 2 atom stereocenters. The standard InChI is InChI=1S/C8H18N2O/c1-10-4-2-3-7(10)5-8(11)6-9/h7-8,11H,2-6,9H2,1H3. The average Bonchev–Trinajstić information content (AvgIpc) is 2.37. The lowest BCUT2D eigenvalue weighted by atomic mass is 10.1. The van der Waals surface area contributed by atoms with E-state index >= 15 is 0 Å². The van der Waals surface area contributed by atoms with Crippen LogP contribution in [-0.2, 0) is 0 Å². The summed E-state index contributed by atoms with van der Waals surface area (Å²) in [7, 11) is 2.11. The Morgan fingerprint density at radius 2 is 2.45 bits per heavy atom. The van der Waals surface area contributed by atoms with Gasteiger partial charge in [-0.3, -0.25) is 0 Å². The minimum absolute atomic E-state index is 0.305. The van der Waals surface area contributed by atoms with Gasteiger partial charge in [-0.2, -0.15) is 0 Å². The molecule has 0 radical (unpaired) electrons. The maximum Gasteiger partial charge on any atom is 0.0677 e. The zero-order valence-corrected chi connectivity index (χ0v) is 7.16. The van der Waals surface area contributed by atoms with E-state index in [9.17, 15) is 5.11 Å². The molecule has 0 aliphatic carbocycles. The molecule has 1 saturated heterocycles. The van der Waals surface area contributed by atoms with Crippen molar-refractivity contribution in [1.82, 2.24) is 4.90 Å². The lowest BCUT2D eigenvalue weighted by Crippen LogP contribution is -2.32. The summed E-state index contributed by atoms with van der Waals surface area (Å²) in [6.07, 6.45) is 3.01. The second kappa shape index (κ2) is 4.04. The predicted octanol–water partition coefficient (Wildman–Crippen LogP) is -0.210. The van der Waals surface area contributed by atoms with Gasteiger partial charge in [0.25, 0.3) is 0 Å². The molecular formula is C8H18N2O. The molecule has 3 nitrogen and oxygen atoms in total. The van der Waals surface area contributed by atoms with Gasteiger partial charge in [-0.1, -0.05) is 0 Å². The van der Waals surface area contributed by atoms with Crippen LogP contribution in [0.5, 0.6) is 0 Å². The van der Waals surface area contributed by atoms with Gasteiger partial charge in [0.05, 0.1) is 6.10 Å². The lowest BCUT2D eigenvalue weighted by molar-refractivity contribution is 0.135. The number of rotatable bonds is 3. The second-order valence-electron chi connectivity index (χ2n) is 3.40. The summed E-state index contributed by atoms with van der Waals surface area (Å²) in [5.74, 6) is 0. The largest absolute Gasteiger partial charge is 0.392 e. The fourth-order valence-electron chi connectivity index (χ4n) is 1.69. The molecule has 0 aromatic heterocycles. The third-order valence-corrected chi connectivity index (χ3v) is 2.49. The van der Waals surface area contributed by atoms with Crippen LogP contribution in [0, 0.1) is 0 Å². The monoisotopic (exact) mass is 158 g/mol. The topological polar surface area (TPSA) is 49.5 Å². The number of nitrogens with zero attached hydrogens (tertiary/aromatic N) is 1. The molecular weight excluding hydrogens is 140 g/mol. The quantitative estimate of drug-likeness (QED) is 0.597. The molecule has 3 heteroatoms. The van der Waals surface area contributed by atoms with E-state index in [-0.39, 0.29) is 6.10 Å². The summed E-state index contributed by atoms with van der Waals surface area (Å²) in [6.45, 7) is 1.56. The van der Waals surface area contributed by atoms with E-state index in [1.165, 1.54) is 19.4 Å². The summed E-state index contributed by atoms with van der Waals surface area (Å²) in [6, 6.07) is 0.563. The first-order chi connectivity index (χ1) is 5.24. The van der Waals surface area contributed by atoms with E-state index in [0.29, 0.717) is 12.6 Å². The van der Waals surface area contributed by atoms with E-state index < -0.39 is 0 Å². The van der Waals surface area contributed by atoms with E-state index in [0.717, 1.165) is 6.42 Å². The maximum absolute atomic E-state index is 9.28. The first-order valence-electron chi connectivity index (χ1n) is 4.32. The van der Waals surface area contributed by atoms with Crippen molar-refractivity contribution < 1.29 is 5.11 Å². The highest BCUT2D eigenvalue weighted by molar-refractivity contribution is 4.78. The van der Waals surface area contributed by atoms with Gasteiger partial charge in [-0.05, 0) is 32.9 Å². The van der Waals surface area contributed by atoms with E-state index in [4.69, 9.17) is 5.73 Å². The van der Waals surface area contributed by atoms with E-state index in [1.54, 1.807) is 0 Å². The lowest BCUT2D eigenvalue weighted by Gasteiger charge is -2.21. The summed E-state index contributed by atoms with van der Waals surface area (Å²) < 4.78 is 0. The Bertz CT molecular complexity index is 119. The third kappa shape index (κ3) is 2.43. The molecule has 0 saturated carbocycles. The van der Waals surface area contributed by atoms with Crippen molar-refractivity contribution in [3.05, 3.63) is 0 Å². The van der Waals surface area contributed by atoms with E-state index in [2.05, 4.69) is 11.9 Å². The van der Waals surface area contributed by atoms with Crippen LogP contribution in [0.3, 0.4) is 0 Å². The Morgan fingerprint density at radius 3 is 2.91 bits per heavy atom. The summed E-state index contributed by atoms with van der Waals surface area (Å²) >= 11 is 0. The average molecular weight is 158 g/mol. The summed E-state index contributed by atoms with van der Waals surface area (Å²) in [5.41, 5.74) is 5.33. The Kier molecular flexibility index (Phi) is 3.30. The van der Waals surface area contributed by atoms with Crippen molar-refractivity contribution in [2.45, 2.75) is 31.4 Å². The van der Waals surface area contributed by atoms with Crippen LogP contribution < -0.4 is 5.73 Å². The van der Waals surface area contributed by atoms with Gasteiger partial charge in [0.15, 0.2) is 0 Å². The molecule has 1 fully saturated rings. The first kappa shape index (κ1) is 8.97. The molecule has 3 N–H and O–H groups in total. The molecule has 2 unspecified atom stereocenters. The summed E-state index contributed by atoms with van der Waals surface area (Å²) in [4.78, 5) is 2.30. The van der Waals surface area contributed by atoms with Crippen molar-refractivity contribution in [2.24, 2.45) is 5.73 Å². The highest BCUT2D eigenvalue weighted by Gasteiger charge is 2.22. The summed E-state index contributed by atoms with van der Waals surface area (Å²) in [5, 5.41) is 9.28. The van der Waals surface area contributed by atoms with Crippen LogP contribution in [0.1, 0.15) is 19.3 Å². The molecule has 1 heterocycles. The van der Waals surface area contributed by atoms with Crippen molar-refractivity contribution in [3.8, 4) is 0 Å². The van der Waals surface area contributed by atoms with Crippen molar-refractivity contribution in [3.63, 3.8) is 0 Å². The number of aliphatic hydroxyl groups is 1. The zero-order chi connectivity index (χ0) is 8.27. The van der Waals surface area contributed by atoms with Crippen LogP contribution in [0.4, 0.5) is 0 Å². The highest BCUT2D eigenvalue weighted by atomic mass is 16.3. The number of aliphatic hydroxyl groups excluding tert-OH is 1. The molecule has 1 aliphatic rings. The molecule has 0 bridgehead atoms. The van der Waals surface area contributed by atoms with Gasteiger partial charge in [0, 0.05) is 12.6 Å². The van der Waals surface area contributed by atoms with Crippen LogP contribution >= 0.6 is 0 Å². The Labute approximate surface area is 68.2 Å². The predicted molar refractivity (Wildman–Crippen MR) is 45.3 cm³/mol. The Balaban J connectivity index is 2.24. The van der Waals surface area contributed by atoms with E-state index in [1.807, 2.05) is 0 Å². The first-order valence-corrected chi connectivity index (χ1v) is 4.32. The Morgan fingerprint density at radius 1 is 1.73 bits per heavy atom. The van der Waals surface area contributed by atoms with Crippen LogP contribution in [0.2, 0.25) is 0 Å². The van der Waals surface area contributed by atoms with Crippen LogP contribution in [0.25, 0.3) is 0 Å². The number of nitrogens with two attached hydrogens (primary N) is 1. The van der Waals surface area contributed by atoms with Crippen LogP contribution in [0.15, 0.2) is 0 Å². The molecule has 0 aromatic carbocycles. The molecule has 0 amide bonds. The molecule has 0 aromatic rings. The van der Waals surface area contributed by atoms with Crippen molar-refractivity contribution >= 4 is 0 Å². The normalized spacial score (nSPS) is 29.2. The molecule has 11 heavy (non-hydrogen) atoms. The van der Waals surface area contributed by atoms with Crippen LogP contribution in [-0.4, -0.2) is 42.3 Å². The molecule has 1 rings (SSSR count). The molecule has 66 valence electrons.